The van der Waals surface area contributed by atoms with Crippen LogP contribution in [0.5, 0.6) is 0 Å². The first-order chi connectivity index (χ1) is 14.8. The molecule has 2 N–H and O–H groups in total. The first-order valence-electron chi connectivity index (χ1n) is 13.3. The Morgan fingerprint density at radius 3 is 1.29 bits per heavy atom. The standard InChI is InChI=1S/C18H39O4P.C7H16N/c1-2-3-4-5-6-7-8-9-10-11-12-13-14-15-16-17-18-22-23(19,20)21;1-8(2)6-4-3-5-7-8/h2-18H2,1H3,(H2,19,20,21);3-7H2,1-2H3/q;+1. The second-order valence-corrected chi connectivity index (χ2v) is 11.3. The minimum absolute atomic E-state index is 0.169. The Labute approximate surface area is 194 Å². The molecule has 6 heteroatoms. The average Bonchev–Trinajstić information content (AvgIpc) is 2.70. The van der Waals surface area contributed by atoms with E-state index >= 15 is 0 Å². The van der Waals surface area contributed by atoms with Gasteiger partial charge in [0.1, 0.15) is 0 Å². The van der Waals surface area contributed by atoms with Gasteiger partial charge in [-0.2, -0.15) is 0 Å². The summed E-state index contributed by atoms with van der Waals surface area (Å²) in [6.07, 6.45) is 25.0. The van der Waals surface area contributed by atoms with Crippen molar-refractivity contribution in [2.45, 2.75) is 129 Å². The lowest BCUT2D eigenvalue weighted by Crippen LogP contribution is -2.43. The van der Waals surface area contributed by atoms with Crippen molar-refractivity contribution >= 4 is 7.82 Å². The van der Waals surface area contributed by atoms with Crippen molar-refractivity contribution in [3.8, 4) is 0 Å². The third-order valence-electron chi connectivity index (χ3n) is 6.28. The maximum atomic E-state index is 10.5. The largest absolute Gasteiger partial charge is 0.469 e. The Balaban J connectivity index is 0.000000929. The van der Waals surface area contributed by atoms with Crippen LogP contribution in [-0.4, -0.2) is 48.1 Å². The van der Waals surface area contributed by atoms with Gasteiger partial charge in [-0.05, 0) is 25.7 Å². The highest BCUT2D eigenvalue weighted by Gasteiger charge is 2.17. The molecule has 5 nitrogen and oxygen atoms in total. The molecule has 1 saturated heterocycles. The summed E-state index contributed by atoms with van der Waals surface area (Å²) in [5, 5.41) is 0. The zero-order valence-corrected chi connectivity index (χ0v) is 22.1. The Morgan fingerprint density at radius 2 is 1.00 bits per heavy atom. The summed E-state index contributed by atoms with van der Waals surface area (Å²) in [6, 6.07) is 0. The molecule has 0 aromatic carbocycles. The van der Waals surface area contributed by atoms with E-state index in [1.807, 2.05) is 0 Å². The van der Waals surface area contributed by atoms with Gasteiger partial charge in [0, 0.05) is 0 Å². The topological polar surface area (TPSA) is 66.8 Å². The van der Waals surface area contributed by atoms with Crippen LogP contribution in [-0.2, 0) is 9.09 Å². The number of phosphoric ester groups is 1. The molecule has 1 rings (SSSR count). The quantitative estimate of drug-likeness (QED) is 0.124. The summed E-state index contributed by atoms with van der Waals surface area (Å²) in [5.41, 5.74) is 0. The maximum absolute atomic E-state index is 10.5. The fraction of sp³-hybridized carbons (Fsp3) is 1.00. The molecule has 0 amide bonds. The van der Waals surface area contributed by atoms with Gasteiger partial charge in [-0.3, -0.25) is 4.52 Å². The molecule has 1 heterocycles. The molecule has 188 valence electrons. The van der Waals surface area contributed by atoms with E-state index in [2.05, 4.69) is 25.5 Å². The zero-order chi connectivity index (χ0) is 23.3. The molecule has 0 aromatic heterocycles. The summed E-state index contributed by atoms with van der Waals surface area (Å²) in [7, 11) is 0.382. The highest BCUT2D eigenvalue weighted by atomic mass is 31.2. The second-order valence-electron chi connectivity index (χ2n) is 10.1. The summed E-state index contributed by atoms with van der Waals surface area (Å²) < 4.78 is 16.1. The minimum atomic E-state index is -4.26. The smallest absolute Gasteiger partial charge is 0.328 e. The van der Waals surface area contributed by atoms with Crippen molar-refractivity contribution in [2.75, 3.05) is 33.8 Å². The van der Waals surface area contributed by atoms with E-state index < -0.39 is 7.82 Å². The molecule has 0 saturated carbocycles. The molecule has 0 bridgehead atoms. The van der Waals surface area contributed by atoms with Gasteiger partial charge in [0.2, 0.25) is 0 Å². The molecule has 31 heavy (non-hydrogen) atoms. The Hall–Kier alpha value is 0.0700. The lowest BCUT2D eigenvalue weighted by Gasteiger charge is -2.33. The minimum Gasteiger partial charge on any atom is -0.328 e. The van der Waals surface area contributed by atoms with Crippen LogP contribution in [0.4, 0.5) is 0 Å². The number of nitrogens with zero attached hydrogens (tertiary/aromatic N) is 1. The van der Waals surface area contributed by atoms with Crippen molar-refractivity contribution in [3.05, 3.63) is 0 Å². The number of phosphoric acid groups is 1. The highest BCUT2D eigenvalue weighted by molar-refractivity contribution is 7.46. The van der Waals surface area contributed by atoms with Gasteiger partial charge < -0.3 is 14.3 Å². The van der Waals surface area contributed by atoms with Crippen molar-refractivity contribution in [3.63, 3.8) is 0 Å². The molecule has 0 spiro atoms. The number of rotatable bonds is 18. The van der Waals surface area contributed by atoms with Crippen LogP contribution in [0.3, 0.4) is 0 Å². The molecule has 0 aromatic rings. The number of hydrogen-bond donors (Lipinski definition) is 2. The van der Waals surface area contributed by atoms with Crippen LogP contribution in [0.1, 0.15) is 129 Å². The predicted octanol–water partition coefficient (Wildman–Crippen LogP) is 7.60. The third kappa shape index (κ3) is 26.2. The summed E-state index contributed by atoms with van der Waals surface area (Å²) in [4.78, 5) is 17.1. The Morgan fingerprint density at radius 1 is 0.645 bits per heavy atom. The fourth-order valence-electron chi connectivity index (χ4n) is 4.20. The Kier molecular flexibility index (Phi) is 20.7. The summed E-state index contributed by atoms with van der Waals surface area (Å²) in [6.45, 7) is 5.21. The van der Waals surface area contributed by atoms with Gasteiger partial charge in [0.25, 0.3) is 0 Å². The van der Waals surface area contributed by atoms with Crippen LogP contribution in [0, 0.1) is 0 Å². The first-order valence-corrected chi connectivity index (χ1v) is 14.8. The number of hydrogen-bond acceptors (Lipinski definition) is 2. The van der Waals surface area contributed by atoms with Gasteiger partial charge in [-0.1, -0.05) is 103 Å². The molecular weight excluding hydrogens is 409 g/mol. The Bertz CT molecular complexity index is 418. The van der Waals surface area contributed by atoms with E-state index in [0.717, 1.165) is 19.3 Å². The number of likely N-dealkylation sites (tertiary alicyclic amines) is 1. The summed E-state index contributed by atoms with van der Waals surface area (Å²) >= 11 is 0. The van der Waals surface area contributed by atoms with E-state index in [9.17, 15) is 4.57 Å². The monoisotopic (exact) mass is 464 g/mol. The van der Waals surface area contributed by atoms with Gasteiger partial charge in [0.15, 0.2) is 0 Å². The van der Waals surface area contributed by atoms with Crippen molar-refractivity contribution in [1.82, 2.24) is 0 Å². The van der Waals surface area contributed by atoms with E-state index in [0.29, 0.717) is 0 Å². The average molecular weight is 465 g/mol. The van der Waals surface area contributed by atoms with Gasteiger partial charge in [-0.15, -0.1) is 0 Å². The van der Waals surface area contributed by atoms with Gasteiger partial charge >= 0.3 is 7.82 Å². The van der Waals surface area contributed by atoms with Crippen LogP contribution in [0.2, 0.25) is 0 Å². The summed E-state index contributed by atoms with van der Waals surface area (Å²) in [5.74, 6) is 0. The number of quaternary nitrogens is 1. The molecule has 0 aliphatic carbocycles. The molecule has 1 aliphatic rings. The number of piperidine rings is 1. The van der Waals surface area contributed by atoms with Crippen LogP contribution >= 0.6 is 7.82 Å². The fourth-order valence-corrected chi connectivity index (χ4v) is 4.57. The van der Waals surface area contributed by atoms with E-state index in [1.54, 1.807) is 0 Å². The number of unbranched alkanes of at least 4 members (excludes halogenated alkanes) is 15. The normalized spacial score (nSPS) is 16.0. The zero-order valence-electron chi connectivity index (χ0n) is 21.2. The lowest BCUT2D eigenvalue weighted by molar-refractivity contribution is -0.894. The van der Waals surface area contributed by atoms with Crippen LogP contribution in [0.25, 0.3) is 0 Å². The highest BCUT2D eigenvalue weighted by Crippen LogP contribution is 2.35. The van der Waals surface area contributed by atoms with Crippen molar-refractivity contribution < 1.29 is 23.4 Å². The molecule has 1 fully saturated rings. The van der Waals surface area contributed by atoms with Crippen LogP contribution < -0.4 is 0 Å². The molecule has 0 unspecified atom stereocenters. The lowest BCUT2D eigenvalue weighted by atomic mass is 10.0. The van der Waals surface area contributed by atoms with Crippen molar-refractivity contribution in [1.29, 1.82) is 0 Å². The van der Waals surface area contributed by atoms with Crippen LogP contribution in [0.15, 0.2) is 0 Å². The van der Waals surface area contributed by atoms with E-state index in [-0.39, 0.29) is 6.61 Å². The maximum Gasteiger partial charge on any atom is 0.469 e. The van der Waals surface area contributed by atoms with E-state index in [4.69, 9.17) is 9.79 Å². The van der Waals surface area contributed by atoms with E-state index in [1.165, 1.54) is 120 Å². The first kappa shape index (κ1) is 31.1. The molecule has 0 radical (unpaired) electrons. The van der Waals surface area contributed by atoms with Crippen molar-refractivity contribution in [2.24, 2.45) is 0 Å². The predicted molar refractivity (Wildman–Crippen MR) is 133 cm³/mol. The van der Waals surface area contributed by atoms with Gasteiger partial charge in [0.05, 0.1) is 33.8 Å². The second kappa shape index (κ2) is 20.7. The molecular formula is C25H55NO4P+. The SMILES string of the molecule is CCCCCCCCCCCCCCCCCCOP(=O)(O)O.C[N+]1(C)CCCCC1. The van der Waals surface area contributed by atoms with Gasteiger partial charge in [-0.25, -0.2) is 4.57 Å². The third-order valence-corrected chi connectivity index (χ3v) is 6.80. The molecule has 0 atom stereocenters. The molecule has 1 aliphatic heterocycles.